The number of hydrogen-bond acceptors (Lipinski definition) is 5. The van der Waals surface area contributed by atoms with Gasteiger partial charge in [-0.3, -0.25) is 10.3 Å². The van der Waals surface area contributed by atoms with Crippen LogP contribution in [0.1, 0.15) is 30.0 Å². The van der Waals surface area contributed by atoms with Gasteiger partial charge in [0.1, 0.15) is 0 Å². The van der Waals surface area contributed by atoms with Crippen LogP contribution in [0.5, 0.6) is 0 Å². The highest BCUT2D eigenvalue weighted by molar-refractivity contribution is 9.10. The molecule has 1 aliphatic carbocycles. The fraction of sp³-hybridized carbons (Fsp3) is 0.222. The third-order valence-corrected chi connectivity index (χ3v) is 4.33. The molecular weight excluding hydrogens is 398 g/mol. The monoisotopic (exact) mass is 417 g/mol. The first-order chi connectivity index (χ1) is 12.6. The van der Waals surface area contributed by atoms with Crippen LogP contribution < -0.4 is 21.8 Å². The van der Waals surface area contributed by atoms with Gasteiger partial charge in [-0.05, 0) is 64.5 Å². The zero-order valence-corrected chi connectivity index (χ0v) is 15.6. The SMILES string of the molecule is NO/C(=C\NCc1ccc(Br)cn1)NC(=O)Nc1cccc(C2CC2)c1. The van der Waals surface area contributed by atoms with E-state index in [0.29, 0.717) is 12.5 Å². The van der Waals surface area contributed by atoms with Crippen LogP contribution in [0.25, 0.3) is 0 Å². The lowest BCUT2D eigenvalue weighted by molar-refractivity contribution is 0.193. The number of aromatic nitrogens is 1. The van der Waals surface area contributed by atoms with Crippen LogP contribution in [0.3, 0.4) is 0 Å². The molecule has 1 heterocycles. The summed E-state index contributed by atoms with van der Waals surface area (Å²) < 4.78 is 0.909. The summed E-state index contributed by atoms with van der Waals surface area (Å²) in [5, 5.41) is 8.31. The third kappa shape index (κ3) is 5.47. The largest absolute Gasteiger partial charge is 0.391 e. The highest BCUT2D eigenvalue weighted by Crippen LogP contribution is 2.40. The van der Waals surface area contributed by atoms with Crippen molar-refractivity contribution in [3.05, 3.63) is 70.4 Å². The van der Waals surface area contributed by atoms with Gasteiger partial charge in [-0.25, -0.2) is 4.79 Å². The lowest BCUT2D eigenvalue weighted by Crippen LogP contribution is -2.31. The number of urea groups is 1. The number of amides is 2. The van der Waals surface area contributed by atoms with Crippen LogP contribution in [0.4, 0.5) is 10.5 Å². The van der Waals surface area contributed by atoms with Crippen molar-refractivity contribution in [2.24, 2.45) is 5.90 Å². The Bertz CT molecular complexity index is 790. The Labute approximate surface area is 160 Å². The summed E-state index contributed by atoms with van der Waals surface area (Å²) in [6.45, 7) is 0.465. The topological polar surface area (TPSA) is 101 Å². The maximum Gasteiger partial charge on any atom is 0.326 e. The highest BCUT2D eigenvalue weighted by atomic mass is 79.9. The van der Waals surface area contributed by atoms with Gasteiger partial charge in [-0.1, -0.05) is 12.1 Å². The predicted molar refractivity (Wildman–Crippen MR) is 103 cm³/mol. The zero-order valence-electron chi connectivity index (χ0n) is 14.0. The number of nitrogens with zero attached hydrogens (tertiary/aromatic N) is 1. The molecule has 0 atom stereocenters. The molecule has 8 heteroatoms. The van der Waals surface area contributed by atoms with Gasteiger partial charge < -0.3 is 15.5 Å². The number of rotatable bonds is 7. The Balaban J connectivity index is 1.50. The fourth-order valence-electron chi connectivity index (χ4n) is 2.42. The number of nitrogens with two attached hydrogens (primary N) is 1. The number of hydrogen-bond donors (Lipinski definition) is 4. The van der Waals surface area contributed by atoms with Gasteiger partial charge in [0.05, 0.1) is 18.4 Å². The Morgan fingerprint density at radius 3 is 2.88 bits per heavy atom. The summed E-state index contributed by atoms with van der Waals surface area (Å²) in [5.74, 6) is 5.93. The van der Waals surface area contributed by atoms with Crippen LogP contribution in [-0.4, -0.2) is 11.0 Å². The van der Waals surface area contributed by atoms with Gasteiger partial charge in [0.25, 0.3) is 0 Å². The Hall–Kier alpha value is -2.58. The van der Waals surface area contributed by atoms with Gasteiger partial charge in [-0.15, -0.1) is 0 Å². The van der Waals surface area contributed by atoms with E-state index in [9.17, 15) is 4.79 Å². The van der Waals surface area contributed by atoms with Gasteiger partial charge in [0.15, 0.2) is 0 Å². The van der Waals surface area contributed by atoms with Crippen molar-refractivity contribution >= 4 is 27.6 Å². The Morgan fingerprint density at radius 1 is 1.35 bits per heavy atom. The molecule has 1 aromatic heterocycles. The molecule has 3 rings (SSSR count). The van der Waals surface area contributed by atoms with Gasteiger partial charge >= 0.3 is 6.03 Å². The van der Waals surface area contributed by atoms with Crippen molar-refractivity contribution in [3.8, 4) is 0 Å². The van der Waals surface area contributed by atoms with Crippen molar-refractivity contribution < 1.29 is 9.63 Å². The molecule has 7 nitrogen and oxygen atoms in total. The molecule has 0 spiro atoms. The van der Waals surface area contributed by atoms with Crippen molar-refractivity contribution in [1.82, 2.24) is 15.6 Å². The molecule has 0 radical (unpaired) electrons. The number of anilines is 1. The van der Waals surface area contributed by atoms with Crippen molar-refractivity contribution in [2.45, 2.75) is 25.3 Å². The van der Waals surface area contributed by atoms with Gasteiger partial charge in [0, 0.05) is 16.4 Å². The maximum absolute atomic E-state index is 12.1. The van der Waals surface area contributed by atoms with Crippen LogP contribution in [0.2, 0.25) is 0 Å². The molecule has 0 bridgehead atoms. The minimum absolute atomic E-state index is 0.0953. The van der Waals surface area contributed by atoms with Crippen LogP contribution >= 0.6 is 15.9 Å². The van der Waals surface area contributed by atoms with E-state index in [2.05, 4.69) is 47.8 Å². The van der Waals surface area contributed by atoms with Gasteiger partial charge in [-0.2, -0.15) is 5.90 Å². The molecule has 136 valence electrons. The van der Waals surface area contributed by atoms with E-state index in [0.717, 1.165) is 15.9 Å². The van der Waals surface area contributed by atoms with Crippen LogP contribution in [0, 0.1) is 0 Å². The smallest absolute Gasteiger partial charge is 0.326 e. The molecule has 26 heavy (non-hydrogen) atoms. The molecule has 1 fully saturated rings. The van der Waals surface area contributed by atoms with E-state index in [1.807, 2.05) is 30.3 Å². The molecule has 2 aromatic rings. The summed E-state index contributed by atoms with van der Waals surface area (Å²) in [7, 11) is 0. The molecule has 0 saturated heterocycles. The van der Waals surface area contributed by atoms with E-state index < -0.39 is 6.03 Å². The fourth-order valence-corrected chi connectivity index (χ4v) is 2.65. The van der Waals surface area contributed by atoms with Crippen molar-refractivity contribution in [3.63, 3.8) is 0 Å². The molecule has 1 saturated carbocycles. The quantitative estimate of drug-likeness (QED) is 0.408. The minimum atomic E-state index is -0.432. The predicted octanol–water partition coefficient (Wildman–Crippen LogP) is 3.32. The zero-order chi connectivity index (χ0) is 18.4. The number of carbonyl (C=O) groups is 1. The van der Waals surface area contributed by atoms with Crippen molar-refractivity contribution in [1.29, 1.82) is 0 Å². The lowest BCUT2D eigenvalue weighted by Gasteiger charge is -2.10. The molecule has 1 aliphatic rings. The van der Waals surface area contributed by atoms with Crippen LogP contribution in [0.15, 0.2) is 59.2 Å². The molecule has 5 N–H and O–H groups in total. The van der Waals surface area contributed by atoms with E-state index in [-0.39, 0.29) is 5.88 Å². The molecular formula is C18H20BrN5O2. The normalized spacial score (nSPS) is 13.8. The van der Waals surface area contributed by atoms with E-state index in [1.54, 1.807) is 6.20 Å². The summed E-state index contributed by atoms with van der Waals surface area (Å²) in [4.78, 5) is 21.0. The molecule has 2 amide bonds. The third-order valence-electron chi connectivity index (χ3n) is 3.86. The van der Waals surface area contributed by atoms with Crippen molar-refractivity contribution in [2.75, 3.05) is 5.32 Å². The number of carbonyl (C=O) groups excluding carboxylic acids is 1. The van der Waals surface area contributed by atoms with Crippen LogP contribution in [-0.2, 0) is 11.4 Å². The molecule has 1 aromatic carbocycles. The Morgan fingerprint density at radius 2 is 2.19 bits per heavy atom. The second-order valence-corrected chi connectivity index (χ2v) is 6.87. The lowest BCUT2D eigenvalue weighted by atomic mass is 10.1. The van der Waals surface area contributed by atoms with E-state index >= 15 is 0 Å². The second kappa shape index (κ2) is 8.68. The first-order valence-corrected chi connectivity index (χ1v) is 9.02. The number of nitrogens with one attached hydrogen (secondary N) is 3. The van der Waals surface area contributed by atoms with E-state index in [4.69, 9.17) is 5.90 Å². The standard InChI is InChI=1S/C18H20BrN5O2/c19-14-6-7-16(22-9-14)10-21-11-17(26-20)24-18(25)23-15-3-1-2-13(8-15)12-4-5-12/h1-3,6-9,11-12,21H,4-5,10,20H2,(H2,23,24,25)/b17-11-. The summed E-state index contributed by atoms with van der Waals surface area (Å²) >= 11 is 3.33. The number of halogens is 1. The summed E-state index contributed by atoms with van der Waals surface area (Å²) in [6, 6.07) is 11.2. The first-order valence-electron chi connectivity index (χ1n) is 8.23. The average molecular weight is 418 g/mol. The van der Waals surface area contributed by atoms with Gasteiger partial charge in [0.2, 0.25) is 5.88 Å². The summed E-state index contributed by atoms with van der Waals surface area (Å²) in [5.41, 5.74) is 2.81. The average Bonchev–Trinajstić information content (AvgIpc) is 3.48. The van der Waals surface area contributed by atoms with E-state index in [1.165, 1.54) is 24.6 Å². The first kappa shape index (κ1) is 18.2. The minimum Gasteiger partial charge on any atom is -0.391 e. The molecule has 0 unspecified atom stereocenters. The Kier molecular flexibility index (Phi) is 6.08. The number of benzene rings is 1. The maximum atomic E-state index is 12.1. The molecule has 0 aliphatic heterocycles. The highest BCUT2D eigenvalue weighted by Gasteiger charge is 2.23. The second-order valence-electron chi connectivity index (χ2n) is 5.95. The number of pyridine rings is 1. The summed E-state index contributed by atoms with van der Waals surface area (Å²) in [6.07, 6.45) is 5.61.